The van der Waals surface area contributed by atoms with Crippen LogP contribution in [0.25, 0.3) is 0 Å². The van der Waals surface area contributed by atoms with Crippen molar-refractivity contribution in [1.29, 1.82) is 0 Å². The molecule has 0 fully saturated rings. The number of hydrogen-bond acceptors (Lipinski definition) is 3. The Kier molecular flexibility index (Phi) is 8.70. The van der Waals surface area contributed by atoms with Gasteiger partial charge in [-0.05, 0) is 41.5 Å². The molecule has 4 aromatic rings. The molecule has 1 atom stereocenters. The third-order valence-electron chi connectivity index (χ3n) is 5.35. The van der Waals surface area contributed by atoms with Gasteiger partial charge in [0.1, 0.15) is 10.9 Å². The van der Waals surface area contributed by atoms with Gasteiger partial charge in [0.2, 0.25) is 11.8 Å². The highest BCUT2D eigenvalue weighted by molar-refractivity contribution is 8.00. The highest BCUT2D eigenvalue weighted by Crippen LogP contribution is 2.38. The number of amides is 2. The Bertz CT molecular complexity index is 1440. The number of thioether (sulfide) groups is 1. The predicted molar refractivity (Wildman–Crippen MR) is 140 cm³/mol. The lowest BCUT2D eigenvalue weighted by atomic mass is 10.1. The normalized spacial score (nSPS) is 11.6. The lowest BCUT2D eigenvalue weighted by molar-refractivity contribution is -0.116. The summed E-state index contributed by atoms with van der Waals surface area (Å²) in [5, 5.41) is 4.28. The summed E-state index contributed by atoms with van der Waals surface area (Å²) >= 11 is 6.90. The Balaban J connectivity index is 1.54. The summed E-state index contributed by atoms with van der Waals surface area (Å²) in [6.45, 7) is 0. The van der Waals surface area contributed by atoms with Crippen LogP contribution in [0.1, 0.15) is 16.4 Å². The second-order valence-corrected chi connectivity index (χ2v) is 9.74. The quantitative estimate of drug-likeness (QED) is 0.133. The van der Waals surface area contributed by atoms with Crippen LogP contribution in [0.5, 0.6) is 0 Å². The summed E-state index contributed by atoms with van der Waals surface area (Å²) < 4.78 is 55.7. The van der Waals surface area contributed by atoms with E-state index in [-0.39, 0.29) is 18.4 Å². The standard InChI is InChI=1S/C28H19ClF4N2O2S/c29-18-11-9-16(10-12-18)13-23(36)34-19-7-4-8-20(14-19)38-27(17-5-2-1-3-6-17)28(37)35-26-24(32)21(30)15-22(31)25(26)33/h1-12,14-15,27H,13H2,(H,34,36)(H,35,37). The van der Waals surface area contributed by atoms with Crippen LogP contribution in [0.2, 0.25) is 5.02 Å². The van der Waals surface area contributed by atoms with E-state index >= 15 is 0 Å². The molecule has 0 aliphatic heterocycles. The second-order valence-electron chi connectivity index (χ2n) is 8.12. The van der Waals surface area contributed by atoms with E-state index in [4.69, 9.17) is 11.6 Å². The van der Waals surface area contributed by atoms with E-state index in [1.54, 1.807) is 78.9 Å². The number of benzene rings is 4. The molecule has 4 nitrogen and oxygen atoms in total. The number of carbonyl (C=O) groups is 2. The Labute approximate surface area is 225 Å². The fourth-order valence-corrected chi connectivity index (χ4v) is 4.76. The average molecular weight is 559 g/mol. The lowest BCUT2D eigenvalue weighted by Crippen LogP contribution is -2.21. The maximum atomic E-state index is 14.2. The number of halogens is 5. The third-order valence-corrected chi connectivity index (χ3v) is 6.85. The van der Waals surface area contributed by atoms with Gasteiger partial charge in [0.25, 0.3) is 0 Å². The van der Waals surface area contributed by atoms with Crippen molar-refractivity contribution in [3.63, 3.8) is 0 Å². The summed E-state index contributed by atoms with van der Waals surface area (Å²) in [6, 6.07) is 21.9. The first-order valence-electron chi connectivity index (χ1n) is 11.2. The van der Waals surface area contributed by atoms with Gasteiger partial charge in [-0.3, -0.25) is 9.59 Å². The molecular formula is C28H19ClF4N2O2S. The second kappa shape index (κ2) is 12.1. The van der Waals surface area contributed by atoms with Crippen LogP contribution in [-0.4, -0.2) is 11.8 Å². The molecule has 1 unspecified atom stereocenters. The van der Waals surface area contributed by atoms with Gasteiger partial charge >= 0.3 is 0 Å². The van der Waals surface area contributed by atoms with E-state index in [0.29, 0.717) is 21.2 Å². The number of rotatable bonds is 8. The monoisotopic (exact) mass is 558 g/mol. The van der Waals surface area contributed by atoms with Gasteiger partial charge < -0.3 is 10.6 Å². The van der Waals surface area contributed by atoms with Crippen LogP contribution in [0.3, 0.4) is 0 Å². The fraction of sp³-hybridized carbons (Fsp3) is 0.0714. The summed E-state index contributed by atoms with van der Waals surface area (Å²) in [5.41, 5.74) is 0.499. The Morgan fingerprint density at radius 3 is 2.11 bits per heavy atom. The first-order valence-corrected chi connectivity index (χ1v) is 12.5. The molecule has 0 heterocycles. The zero-order valence-electron chi connectivity index (χ0n) is 19.5. The summed E-state index contributed by atoms with van der Waals surface area (Å²) in [7, 11) is 0. The van der Waals surface area contributed by atoms with E-state index in [1.165, 1.54) is 0 Å². The highest BCUT2D eigenvalue weighted by Gasteiger charge is 2.27. The molecule has 0 bridgehead atoms. The van der Waals surface area contributed by atoms with Gasteiger partial charge in [-0.2, -0.15) is 0 Å². The molecular weight excluding hydrogens is 540 g/mol. The number of hydrogen-bond donors (Lipinski definition) is 2. The maximum absolute atomic E-state index is 14.2. The first-order chi connectivity index (χ1) is 18.2. The van der Waals surface area contributed by atoms with Crippen molar-refractivity contribution in [1.82, 2.24) is 0 Å². The molecule has 194 valence electrons. The van der Waals surface area contributed by atoms with Gasteiger partial charge in [-0.15, -0.1) is 11.8 Å². The van der Waals surface area contributed by atoms with E-state index in [1.807, 2.05) is 5.32 Å². The van der Waals surface area contributed by atoms with Crippen LogP contribution in [0, 0.1) is 23.3 Å². The van der Waals surface area contributed by atoms with Crippen molar-refractivity contribution in [3.05, 3.63) is 124 Å². The van der Waals surface area contributed by atoms with Crippen molar-refractivity contribution >= 4 is 46.6 Å². The smallest absolute Gasteiger partial charge is 0.242 e. The largest absolute Gasteiger partial charge is 0.326 e. The molecule has 0 aliphatic carbocycles. The lowest BCUT2D eigenvalue weighted by Gasteiger charge is -2.18. The van der Waals surface area contributed by atoms with Crippen molar-refractivity contribution < 1.29 is 27.2 Å². The highest BCUT2D eigenvalue weighted by atomic mass is 35.5. The van der Waals surface area contributed by atoms with Crippen LogP contribution >= 0.6 is 23.4 Å². The number of nitrogens with one attached hydrogen (secondary N) is 2. The van der Waals surface area contributed by atoms with E-state index < -0.39 is 40.1 Å². The van der Waals surface area contributed by atoms with Gasteiger partial charge in [0.15, 0.2) is 23.3 Å². The Morgan fingerprint density at radius 1 is 0.789 bits per heavy atom. The number of anilines is 2. The van der Waals surface area contributed by atoms with E-state index in [2.05, 4.69) is 5.32 Å². The maximum Gasteiger partial charge on any atom is 0.242 e. The fourth-order valence-electron chi connectivity index (χ4n) is 3.55. The Morgan fingerprint density at radius 2 is 1.45 bits per heavy atom. The molecule has 0 radical (unpaired) electrons. The summed E-state index contributed by atoms with van der Waals surface area (Å²) in [5.74, 6) is -7.86. The minimum atomic E-state index is -1.71. The van der Waals surface area contributed by atoms with Crippen molar-refractivity contribution in [2.24, 2.45) is 0 Å². The summed E-state index contributed by atoms with van der Waals surface area (Å²) in [4.78, 5) is 26.2. The number of carbonyl (C=O) groups excluding carboxylic acids is 2. The van der Waals surface area contributed by atoms with Gasteiger partial charge in [-0.1, -0.05) is 60.1 Å². The molecule has 0 aromatic heterocycles. The van der Waals surface area contributed by atoms with Crippen molar-refractivity contribution in [2.45, 2.75) is 16.6 Å². The average Bonchev–Trinajstić information content (AvgIpc) is 2.90. The third kappa shape index (κ3) is 6.73. The topological polar surface area (TPSA) is 58.2 Å². The van der Waals surface area contributed by atoms with Crippen molar-refractivity contribution in [2.75, 3.05) is 10.6 Å². The molecule has 10 heteroatoms. The van der Waals surface area contributed by atoms with Gasteiger partial charge in [0.05, 0.1) is 6.42 Å². The van der Waals surface area contributed by atoms with Crippen LogP contribution in [0.4, 0.5) is 28.9 Å². The molecule has 0 saturated carbocycles. The van der Waals surface area contributed by atoms with Crippen LogP contribution in [-0.2, 0) is 16.0 Å². The van der Waals surface area contributed by atoms with Gasteiger partial charge in [-0.25, -0.2) is 17.6 Å². The van der Waals surface area contributed by atoms with E-state index in [0.717, 1.165) is 17.3 Å². The molecule has 4 aromatic carbocycles. The molecule has 0 aliphatic rings. The zero-order chi connectivity index (χ0) is 27.2. The molecule has 2 amide bonds. The predicted octanol–water partition coefficient (Wildman–Crippen LogP) is 7.55. The Hall–Kier alpha value is -3.82. The van der Waals surface area contributed by atoms with Gasteiger partial charge in [0, 0.05) is 21.7 Å². The SMILES string of the molecule is O=C(Cc1ccc(Cl)cc1)Nc1cccc(SC(C(=O)Nc2c(F)c(F)cc(F)c2F)c2ccccc2)c1. The summed E-state index contributed by atoms with van der Waals surface area (Å²) in [6.07, 6.45) is 0.116. The first kappa shape index (κ1) is 27.2. The molecule has 38 heavy (non-hydrogen) atoms. The van der Waals surface area contributed by atoms with Crippen molar-refractivity contribution in [3.8, 4) is 0 Å². The molecule has 4 rings (SSSR count). The van der Waals surface area contributed by atoms with Crippen LogP contribution < -0.4 is 10.6 Å². The molecule has 0 spiro atoms. The zero-order valence-corrected chi connectivity index (χ0v) is 21.1. The van der Waals surface area contributed by atoms with Crippen LogP contribution in [0.15, 0.2) is 89.8 Å². The minimum absolute atomic E-state index is 0.0660. The minimum Gasteiger partial charge on any atom is -0.326 e. The molecule has 2 N–H and O–H groups in total. The molecule has 0 saturated heterocycles. The van der Waals surface area contributed by atoms with E-state index in [9.17, 15) is 27.2 Å².